The maximum Gasteiger partial charge on any atom is 0.325 e. The predicted molar refractivity (Wildman–Crippen MR) is 141 cm³/mol. The molecule has 2 rings (SSSR count). The zero-order valence-corrected chi connectivity index (χ0v) is 21.8. The Labute approximate surface area is 217 Å². The molecule has 1 aromatic heterocycles. The zero-order chi connectivity index (χ0) is 27.5. The second kappa shape index (κ2) is 14.3. The van der Waals surface area contributed by atoms with Crippen LogP contribution in [0.5, 0.6) is 0 Å². The molecule has 11 heteroatoms. The van der Waals surface area contributed by atoms with Gasteiger partial charge >= 0.3 is 5.97 Å². The minimum Gasteiger partial charge on any atom is -0.480 e. The highest BCUT2D eigenvalue weighted by Crippen LogP contribution is 2.19. The Hall–Kier alpha value is -3.44. The Morgan fingerprint density at radius 1 is 0.946 bits per heavy atom. The van der Waals surface area contributed by atoms with E-state index in [2.05, 4.69) is 20.9 Å². The molecule has 0 aliphatic heterocycles. The Kier molecular flexibility index (Phi) is 11.5. The van der Waals surface area contributed by atoms with Crippen LogP contribution in [-0.4, -0.2) is 64.5 Å². The molecular weight excluding hydrogens is 476 g/mol. The Morgan fingerprint density at radius 2 is 1.59 bits per heavy atom. The van der Waals surface area contributed by atoms with E-state index in [1.54, 1.807) is 0 Å². The van der Waals surface area contributed by atoms with Crippen LogP contribution >= 0.6 is 0 Å². The third-order valence-corrected chi connectivity index (χ3v) is 6.10. The van der Waals surface area contributed by atoms with Crippen LogP contribution in [0.25, 0.3) is 10.9 Å². The number of benzene rings is 1. The van der Waals surface area contributed by atoms with E-state index < -0.39 is 47.9 Å². The van der Waals surface area contributed by atoms with E-state index in [-0.39, 0.29) is 12.3 Å². The van der Waals surface area contributed by atoms with Gasteiger partial charge in [-0.05, 0) is 63.1 Å². The number of carboxylic acid groups (broad SMARTS) is 1. The van der Waals surface area contributed by atoms with Crippen molar-refractivity contribution in [2.75, 3.05) is 6.54 Å². The van der Waals surface area contributed by atoms with Gasteiger partial charge in [-0.25, -0.2) is 0 Å². The lowest BCUT2D eigenvalue weighted by Gasteiger charge is -2.25. The number of hydrogen-bond donors (Lipinski definition) is 7. The van der Waals surface area contributed by atoms with Gasteiger partial charge in [0.05, 0.1) is 6.04 Å². The number of aromatic amines is 1. The van der Waals surface area contributed by atoms with Crippen LogP contribution in [0.3, 0.4) is 0 Å². The first-order chi connectivity index (χ1) is 17.5. The average molecular weight is 517 g/mol. The number of nitrogens with one attached hydrogen (secondary N) is 4. The standard InChI is InChI=1S/C26H40N6O5/c1-15(2)12-22(25(35)30-16(3)26(36)37)32-24(34)21(10-6-7-11-27)31-23(33)19(28)13-17-14-29-20-9-5-4-8-18(17)20/h4-5,8-9,14-16,19,21-22,29H,6-7,10-13,27-28H2,1-3H3,(H,30,35)(H,31,33)(H,32,34)(H,36,37). The normalized spacial score (nSPS) is 14.5. The lowest BCUT2D eigenvalue weighted by atomic mass is 10.0. The van der Waals surface area contributed by atoms with Crippen molar-refractivity contribution in [1.29, 1.82) is 0 Å². The number of carbonyl (C=O) groups is 4. The highest BCUT2D eigenvalue weighted by Gasteiger charge is 2.29. The molecule has 0 radical (unpaired) electrons. The number of rotatable bonds is 15. The van der Waals surface area contributed by atoms with E-state index in [4.69, 9.17) is 16.6 Å². The van der Waals surface area contributed by atoms with E-state index in [0.717, 1.165) is 16.5 Å². The second-order valence-corrected chi connectivity index (χ2v) is 9.77. The smallest absolute Gasteiger partial charge is 0.325 e. The number of para-hydroxylation sites is 1. The lowest BCUT2D eigenvalue weighted by molar-refractivity contribution is -0.142. The summed E-state index contributed by atoms with van der Waals surface area (Å²) >= 11 is 0. The summed E-state index contributed by atoms with van der Waals surface area (Å²) in [6.07, 6.45) is 3.95. The molecule has 3 amide bonds. The van der Waals surface area contributed by atoms with Crippen molar-refractivity contribution in [2.45, 2.75) is 77.0 Å². The van der Waals surface area contributed by atoms with Crippen molar-refractivity contribution in [3.63, 3.8) is 0 Å². The minimum atomic E-state index is -1.18. The molecule has 11 nitrogen and oxygen atoms in total. The Balaban J connectivity index is 2.11. The maximum atomic E-state index is 13.2. The van der Waals surface area contributed by atoms with Crippen LogP contribution in [0.4, 0.5) is 0 Å². The molecule has 204 valence electrons. The minimum absolute atomic E-state index is 0.0473. The summed E-state index contributed by atoms with van der Waals surface area (Å²) in [5.41, 5.74) is 13.6. The zero-order valence-electron chi connectivity index (χ0n) is 21.8. The predicted octanol–water partition coefficient (Wildman–Crippen LogP) is 0.772. The molecule has 4 atom stereocenters. The van der Waals surface area contributed by atoms with Crippen LogP contribution in [0.1, 0.15) is 52.0 Å². The summed E-state index contributed by atoms with van der Waals surface area (Å²) < 4.78 is 0. The SMILES string of the molecule is CC(C)CC(NC(=O)C(CCCCN)NC(=O)C(N)Cc1c[nH]c2ccccc12)C(=O)NC(C)C(=O)O. The van der Waals surface area contributed by atoms with Gasteiger partial charge in [0.1, 0.15) is 18.1 Å². The van der Waals surface area contributed by atoms with Crippen molar-refractivity contribution in [1.82, 2.24) is 20.9 Å². The average Bonchev–Trinajstić information content (AvgIpc) is 3.25. The fraction of sp³-hybridized carbons (Fsp3) is 0.538. The van der Waals surface area contributed by atoms with E-state index in [1.807, 2.05) is 44.3 Å². The summed E-state index contributed by atoms with van der Waals surface area (Å²) in [4.78, 5) is 53.2. The van der Waals surface area contributed by atoms with Crippen molar-refractivity contribution in [3.05, 3.63) is 36.0 Å². The van der Waals surface area contributed by atoms with E-state index >= 15 is 0 Å². The topological polar surface area (TPSA) is 192 Å². The fourth-order valence-corrected chi connectivity index (χ4v) is 4.02. The molecule has 4 unspecified atom stereocenters. The molecule has 0 spiro atoms. The summed E-state index contributed by atoms with van der Waals surface area (Å²) in [6, 6.07) is 3.81. The number of H-pyrrole nitrogens is 1. The van der Waals surface area contributed by atoms with Gasteiger partial charge < -0.3 is 37.5 Å². The van der Waals surface area contributed by atoms with E-state index in [0.29, 0.717) is 32.2 Å². The monoisotopic (exact) mass is 516 g/mol. The molecule has 37 heavy (non-hydrogen) atoms. The molecule has 0 fully saturated rings. The molecule has 0 aliphatic carbocycles. The number of nitrogens with two attached hydrogens (primary N) is 2. The largest absolute Gasteiger partial charge is 0.480 e. The van der Waals surface area contributed by atoms with Gasteiger partial charge in [-0.15, -0.1) is 0 Å². The summed E-state index contributed by atoms with van der Waals surface area (Å²) in [5, 5.41) is 17.9. The highest BCUT2D eigenvalue weighted by atomic mass is 16.4. The van der Waals surface area contributed by atoms with Gasteiger partial charge in [-0.2, -0.15) is 0 Å². The van der Waals surface area contributed by atoms with Gasteiger partial charge in [0.2, 0.25) is 17.7 Å². The Bertz CT molecular complexity index is 1070. The molecule has 0 aliphatic rings. The number of aromatic nitrogens is 1. The molecule has 9 N–H and O–H groups in total. The van der Waals surface area contributed by atoms with Gasteiger partial charge in [0.15, 0.2) is 0 Å². The van der Waals surface area contributed by atoms with Crippen LogP contribution in [0, 0.1) is 5.92 Å². The molecule has 1 heterocycles. The number of amides is 3. The molecule has 0 bridgehead atoms. The van der Waals surface area contributed by atoms with Crippen molar-refractivity contribution in [2.24, 2.45) is 17.4 Å². The van der Waals surface area contributed by atoms with Crippen molar-refractivity contribution >= 4 is 34.6 Å². The molecular formula is C26H40N6O5. The highest BCUT2D eigenvalue weighted by molar-refractivity contribution is 5.94. The van der Waals surface area contributed by atoms with Gasteiger partial charge in [0.25, 0.3) is 0 Å². The van der Waals surface area contributed by atoms with Gasteiger partial charge in [0, 0.05) is 17.1 Å². The third kappa shape index (κ3) is 9.18. The quantitative estimate of drug-likeness (QED) is 0.170. The van der Waals surface area contributed by atoms with Gasteiger partial charge in [-0.1, -0.05) is 32.0 Å². The van der Waals surface area contributed by atoms with Crippen molar-refractivity contribution < 1.29 is 24.3 Å². The summed E-state index contributed by atoms with van der Waals surface area (Å²) in [5.74, 6) is -2.75. The van der Waals surface area contributed by atoms with E-state index in [9.17, 15) is 19.2 Å². The molecule has 0 saturated carbocycles. The second-order valence-electron chi connectivity index (χ2n) is 9.77. The number of carbonyl (C=O) groups excluding carboxylic acids is 3. The number of carboxylic acids is 1. The summed E-state index contributed by atoms with van der Waals surface area (Å²) in [6.45, 7) is 5.56. The Morgan fingerprint density at radius 3 is 2.24 bits per heavy atom. The number of fused-ring (bicyclic) bond motifs is 1. The van der Waals surface area contributed by atoms with Crippen molar-refractivity contribution in [3.8, 4) is 0 Å². The molecule has 0 saturated heterocycles. The van der Waals surface area contributed by atoms with Crippen LogP contribution in [0.2, 0.25) is 0 Å². The number of aliphatic carboxylic acids is 1. The fourth-order valence-electron chi connectivity index (χ4n) is 4.02. The lowest BCUT2D eigenvalue weighted by Crippen LogP contribution is -2.57. The molecule has 2 aromatic rings. The number of unbranched alkanes of at least 4 members (excludes halogenated alkanes) is 1. The first kappa shape index (κ1) is 29.8. The van der Waals surface area contributed by atoms with Crippen LogP contribution < -0.4 is 27.4 Å². The van der Waals surface area contributed by atoms with Gasteiger partial charge in [-0.3, -0.25) is 19.2 Å². The van der Waals surface area contributed by atoms with Crippen LogP contribution in [-0.2, 0) is 25.6 Å². The maximum absolute atomic E-state index is 13.2. The first-order valence-electron chi connectivity index (χ1n) is 12.7. The molecule has 1 aromatic carbocycles. The van der Waals surface area contributed by atoms with Crippen LogP contribution in [0.15, 0.2) is 30.5 Å². The first-order valence-corrected chi connectivity index (χ1v) is 12.7. The third-order valence-electron chi connectivity index (χ3n) is 6.10. The summed E-state index contributed by atoms with van der Waals surface area (Å²) in [7, 11) is 0. The van der Waals surface area contributed by atoms with E-state index in [1.165, 1.54) is 6.92 Å². The number of hydrogen-bond acceptors (Lipinski definition) is 6.